The highest BCUT2D eigenvalue weighted by Crippen LogP contribution is 2.26. The first-order valence-corrected chi connectivity index (χ1v) is 8.16. The number of nitrogens with one attached hydrogen (secondary N) is 3. The average molecular weight is 341 g/mol. The predicted octanol–water partition coefficient (Wildman–Crippen LogP) is 2.04. The van der Waals surface area contributed by atoms with E-state index in [2.05, 4.69) is 30.8 Å². The van der Waals surface area contributed by atoms with Crippen LogP contribution < -0.4 is 15.5 Å². The lowest BCUT2D eigenvalue weighted by Gasteiger charge is -2.25. The molecule has 0 radical (unpaired) electrons. The van der Waals surface area contributed by atoms with Gasteiger partial charge in [0.2, 0.25) is 5.95 Å². The summed E-state index contributed by atoms with van der Waals surface area (Å²) >= 11 is 0. The third kappa shape index (κ3) is 3.00. The molecule has 130 valence electrons. The van der Waals surface area contributed by atoms with Crippen LogP contribution in [-0.2, 0) is 0 Å². The second kappa shape index (κ2) is 6.08. The van der Waals surface area contributed by atoms with Crippen molar-refractivity contribution < 1.29 is 9.21 Å². The Kier molecular flexibility index (Phi) is 3.75. The number of amides is 1. The van der Waals surface area contributed by atoms with Gasteiger partial charge in [-0.05, 0) is 19.3 Å². The summed E-state index contributed by atoms with van der Waals surface area (Å²) in [6.07, 6.45) is 4.80. The van der Waals surface area contributed by atoms with Crippen molar-refractivity contribution in [2.75, 3.05) is 24.3 Å². The quantitative estimate of drug-likeness (QED) is 0.651. The molecule has 0 bridgehead atoms. The maximum absolute atomic E-state index is 12.2. The molecule has 0 aliphatic heterocycles. The number of furan rings is 1. The van der Waals surface area contributed by atoms with Gasteiger partial charge in [-0.1, -0.05) is 0 Å². The van der Waals surface area contributed by atoms with Crippen molar-refractivity contribution in [3.05, 3.63) is 24.1 Å². The van der Waals surface area contributed by atoms with Gasteiger partial charge in [-0.3, -0.25) is 9.89 Å². The first kappa shape index (κ1) is 15.4. The molecule has 3 heterocycles. The topological polar surface area (TPSA) is 112 Å². The number of anilines is 3. The summed E-state index contributed by atoms with van der Waals surface area (Å²) in [5, 5.41) is 13.0. The Hall–Kier alpha value is -3.10. The fourth-order valence-electron chi connectivity index (χ4n) is 2.58. The summed E-state index contributed by atoms with van der Waals surface area (Å²) in [6, 6.07) is 3.70. The van der Waals surface area contributed by atoms with E-state index < -0.39 is 0 Å². The van der Waals surface area contributed by atoms with E-state index in [-0.39, 0.29) is 11.9 Å². The zero-order valence-electron chi connectivity index (χ0n) is 14.0. The van der Waals surface area contributed by atoms with E-state index in [1.165, 1.54) is 6.42 Å². The molecule has 0 aromatic carbocycles. The first-order chi connectivity index (χ1) is 12.1. The highest BCUT2D eigenvalue weighted by atomic mass is 16.3. The summed E-state index contributed by atoms with van der Waals surface area (Å²) in [5.41, 5.74) is 1.58. The Bertz CT molecular complexity index is 910. The van der Waals surface area contributed by atoms with Gasteiger partial charge in [0.05, 0.1) is 6.26 Å². The highest BCUT2D eigenvalue weighted by molar-refractivity contribution is 5.94. The Labute approximate surface area is 143 Å². The number of carbonyl (C=O) groups is 1. The lowest BCUT2D eigenvalue weighted by atomic mass is 9.93. The van der Waals surface area contributed by atoms with Crippen molar-refractivity contribution in [1.82, 2.24) is 25.5 Å². The van der Waals surface area contributed by atoms with Gasteiger partial charge in [-0.2, -0.15) is 10.1 Å². The van der Waals surface area contributed by atoms with E-state index in [4.69, 9.17) is 4.42 Å². The van der Waals surface area contributed by atoms with Gasteiger partial charge in [0.15, 0.2) is 17.1 Å². The number of H-pyrrole nitrogens is 1. The molecule has 0 spiro atoms. The fraction of sp³-hybridized carbons (Fsp3) is 0.375. The smallest absolute Gasteiger partial charge is 0.272 e. The third-order valence-corrected chi connectivity index (χ3v) is 4.20. The van der Waals surface area contributed by atoms with Gasteiger partial charge in [0, 0.05) is 32.3 Å². The Morgan fingerprint density at radius 1 is 1.36 bits per heavy atom. The van der Waals surface area contributed by atoms with Crippen LogP contribution in [0.5, 0.6) is 0 Å². The molecule has 1 amide bonds. The third-order valence-electron chi connectivity index (χ3n) is 4.20. The van der Waals surface area contributed by atoms with E-state index >= 15 is 0 Å². The number of rotatable bonds is 5. The molecule has 0 unspecified atom stereocenters. The van der Waals surface area contributed by atoms with Gasteiger partial charge in [0.25, 0.3) is 5.91 Å². The maximum atomic E-state index is 12.2. The second-order valence-electron chi connectivity index (χ2n) is 6.29. The monoisotopic (exact) mass is 341 g/mol. The second-order valence-corrected chi connectivity index (χ2v) is 6.29. The first-order valence-electron chi connectivity index (χ1n) is 8.16. The predicted molar refractivity (Wildman–Crippen MR) is 93.1 cm³/mol. The zero-order chi connectivity index (χ0) is 17.4. The van der Waals surface area contributed by atoms with Crippen LogP contribution >= 0.6 is 0 Å². The maximum Gasteiger partial charge on any atom is 0.272 e. The molecule has 25 heavy (non-hydrogen) atoms. The number of fused-ring (bicyclic) bond motifs is 1. The lowest BCUT2D eigenvalue weighted by Crippen LogP contribution is -2.39. The van der Waals surface area contributed by atoms with Gasteiger partial charge < -0.3 is 20.0 Å². The molecule has 3 aromatic heterocycles. The van der Waals surface area contributed by atoms with E-state index in [1.54, 1.807) is 18.4 Å². The van der Waals surface area contributed by atoms with Crippen LogP contribution in [0.25, 0.3) is 11.1 Å². The summed E-state index contributed by atoms with van der Waals surface area (Å²) in [7, 11) is 3.73. The largest absolute Gasteiger partial charge is 0.459 e. The number of aromatic amines is 1. The molecule has 1 fully saturated rings. The van der Waals surface area contributed by atoms with E-state index in [1.807, 2.05) is 19.0 Å². The molecular weight excluding hydrogens is 322 g/mol. The average Bonchev–Trinajstić information content (AvgIpc) is 3.19. The molecule has 4 rings (SSSR count). The van der Waals surface area contributed by atoms with Crippen LogP contribution in [0.15, 0.2) is 22.8 Å². The molecule has 1 aliphatic carbocycles. The summed E-state index contributed by atoms with van der Waals surface area (Å²) < 4.78 is 5.47. The molecule has 1 saturated carbocycles. The van der Waals surface area contributed by atoms with Crippen molar-refractivity contribution in [3.8, 4) is 0 Å². The fourth-order valence-corrected chi connectivity index (χ4v) is 2.58. The van der Waals surface area contributed by atoms with Gasteiger partial charge in [-0.15, -0.1) is 0 Å². The number of hydrogen-bond donors (Lipinski definition) is 3. The Morgan fingerprint density at radius 3 is 2.92 bits per heavy atom. The van der Waals surface area contributed by atoms with E-state index in [0.29, 0.717) is 34.4 Å². The normalized spacial score (nSPS) is 14.3. The minimum absolute atomic E-state index is 0.172. The molecule has 3 aromatic rings. The summed E-state index contributed by atoms with van der Waals surface area (Å²) in [6.45, 7) is 0. The number of nitrogens with zero attached hydrogens (tertiary/aromatic N) is 4. The number of aromatic nitrogens is 4. The molecule has 3 N–H and O–H groups in total. The van der Waals surface area contributed by atoms with Crippen LogP contribution in [0.3, 0.4) is 0 Å². The van der Waals surface area contributed by atoms with Crippen molar-refractivity contribution in [2.45, 2.75) is 25.3 Å². The standard InChI is InChI=1S/C16H19N7O2/c1-23(2)16-18-10-6-7-25-13(10)14(20-16)19-12-8-11(21-22-12)15(24)17-9-4-3-5-9/h6-9H,3-5H2,1-2H3,(H,17,24)(H2,18,19,20,21,22). The Morgan fingerprint density at radius 2 is 2.20 bits per heavy atom. The SMILES string of the molecule is CN(C)c1nc(Nc2cc(C(=O)NC3CCC3)n[nH]2)c2occc2n1. The van der Waals surface area contributed by atoms with Crippen molar-refractivity contribution in [2.24, 2.45) is 0 Å². The van der Waals surface area contributed by atoms with Crippen molar-refractivity contribution in [3.63, 3.8) is 0 Å². The zero-order valence-corrected chi connectivity index (χ0v) is 14.0. The highest BCUT2D eigenvalue weighted by Gasteiger charge is 2.21. The number of carbonyl (C=O) groups excluding carboxylic acids is 1. The van der Waals surface area contributed by atoms with Crippen molar-refractivity contribution >= 4 is 34.6 Å². The molecular formula is C16H19N7O2. The van der Waals surface area contributed by atoms with Crippen LogP contribution in [0.1, 0.15) is 29.8 Å². The van der Waals surface area contributed by atoms with E-state index in [0.717, 1.165) is 12.8 Å². The summed E-state index contributed by atoms with van der Waals surface area (Å²) in [4.78, 5) is 22.8. The van der Waals surface area contributed by atoms with E-state index in [9.17, 15) is 4.79 Å². The molecule has 0 saturated heterocycles. The van der Waals surface area contributed by atoms with Crippen molar-refractivity contribution in [1.29, 1.82) is 0 Å². The molecule has 0 atom stereocenters. The van der Waals surface area contributed by atoms with Gasteiger partial charge >= 0.3 is 0 Å². The number of hydrogen-bond acceptors (Lipinski definition) is 7. The van der Waals surface area contributed by atoms with Gasteiger partial charge in [0.1, 0.15) is 11.3 Å². The van der Waals surface area contributed by atoms with Crippen LogP contribution in [0, 0.1) is 0 Å². The minimum atomic E-state index is -0.172. The lowest BCUT2D eigenvalue weighted by molar-refractivity contribution is 0.0912. The van der Waals surface area contributed by atoms with Crippen LogP contribution in [0.2, 0.25) is 0 Å². The summed E-state index contributed by atoms with van der Waals surface area (Å²) in [5.74, 6) is 1.45. The Balaban J connectivity index is 1.57. The minimum Gasteiger partial charge on any atom is -0.459 e. The molecule has 9 heteroatoms. The van der Waals surface area contributed by atoms with Crippen LogP contribution in [0.4, 0.5) is 17.6 Å². The molecule has 1 aliphatic rings. The van der Waals surface area contributed by atoms with Gasteiger partial charge in [-0.25, -0.2) is 4.98 Å². The molecule has 9 nitrogen and oxygen atoms in total. The van der Waals surface area contributed by atoms with Crippen LogP contribution in [-0.4, -0.2) is 46.2 Å².